The third-order valence-corrected chi connectivity index (χ3v) is 6.34. The topological polar surface area (TPSA) is 127 Å². The van der Waals surface area contributed by atoms with Crippen LogP contribution >= 0.6 is 11.8 Å². The zero-order valence-corrected chi connectivity index (χ0v) is 20.8. The maximum absolute atomic E-state index is 12.8. The number of carbonyl (C=O) groups is 3. The lowest BCUT2D eigenvalue weighted by Crippen LogP contribution is -2.51. The van der Waals surface area contributed by atoms with Crippen molar-refractivity contribution in [1.29, 1.82) is 0 Å². The first-order valence-electron chi connectivity index (χ1n) is 11.4. The Labute approximate surface area is 205 Å². The SMILES string of the molecule is CC[C@H](C)[C@@H](CN(CC(=O)N[C@@H](CCSC)C(=O)O)Cc1ccccc1)NC(=O)c1c[nH]cn1. The van der Waals surface area contributed by atoms with Crippen LogP contribution in [0.3, 0.4) is 0 Å². The molecule has 0 unspecified atom stereocenters. The van der Waals surface area contributed by atoms with E-state index in [1.165, 1.54) is 18.1 Å². The van der Waals surface area contributed by atoms with Gasteiger partial charge in [0, 0.05) is 25.3 Å². The molecule has 0 bridgehead atoms. The minimum Gasteiger partial charge on any atom is -0.480 e. The molecule has 2 rings (SSSR count). The molecule has 34 heavy (non-hydrogen) atoms. The number of hydrogen-bond donors (Lipinski definition) is 4. The Bertz CT molecular complexity index is 894. The molecule has 1 aromatic carbocycles. The molecule has 10 heteroatoms. The fourth-order valence-electron chi connectivity index (χ4n) is 3.52. The highest BCUT2D eigenvalue weighted by Gasteiger charge is 2.26. The Hall–Kier alpha value is -2.85. The molecule has 0 saturated carbocycles. The number of amides is 2. The van der Waals surface area contributed by atoms with Crippen LogP contribution in [0.5, 0.6) is 0 Å². The number of aromatic amines is 1. The average molecular weight is 490 g/mol. The van der Waals surface area contributed by atoms with Gasteiger partial charge in [-0.25, -0.2) is 9.78 Å². The van der Waals surface area contributed by atoms with Crippen molar-refractivity contribution in [3.63, 3.8) is 0 Å². The van der Waals surface area contributed by atoms with Crippen molar-refractivity contribution in [3.05, 3.63) is 54.1 Å². The molecule has 3 atom stereocenters. The first-order valence-corrected chi connectivity index (χ1v) is 12.8. The second-order valence-electron chi connectivity index (χ2n) is 8.31. The Morgan fingerprint density at radius 2 is 1.94 bits per heavy atom. The van der Waals surface area contributed by atoms with Gasteiger partial charge in [-0.2, -0.15) is 11.8 Å². The highest BCUT2D eigenvalue weighted by Crippen LogP contribution is 2.13. The Morgan fingerprint density at radius 1 is 1.21 bits per heavy atom. The lowest BCUT2D eigenvalue weighted by molar-refractivity contribution is -0.142. The number of hydrogen-bond acceptors (Lipinski definition) is 6. The van der Waals surface area contributed by atoms with Gasteiger partial charge in [0.25, 0.3) is 5.91 Å². The number of carbonyl (C=O) groups excluding carboxylic acids is 2. The van der Waals surface area contributed by atoms with E-state index in [0.717, 1.165) is 12.0 Å². The van der Waals surface area contributed by atoms with Crippen molar-refractivity contribution in [2.75, 3.05) is 25.1 Å². The number of carboxylic acid groups (broad SMARTS) is 1. The van der Waals surface area contributed by atoms with Crippen LogP contribution in [0.25, 0.3) is 0 Å². The van der Waals surface area contributed by atoms with Gasteiger partial charge in [0.2, 0.25) is 5.91 Å². The Morgan fingerprint density at radius 3 is 2.53 bits per heavy atom. The summed E-state index contributed by atoms with van der Waals surface area (Å²) in [6.07, 6.45) is 6.09. The monoisotopic (exact) mass is 489 g/mol. The maximum Gasteiger partial charge on any atom is 0.326 e. The third-order valence-electron chi connectivity index (χ3n) is 5.69. The number of nitrogens with zero attached hydrogens (tertiary/aromatic N) is 2. The number of aliphatic carboxylic acids is 1. The van der Waals surface area contributed by atoms with Crippen LogP contribution in [0.1, 0.15) is 42.7 Å². The third kappa shape index (κ3) is 9.18. The summed E-state index contributed by atoms with van der Waals surface area (Å²) in [5.74, 6) is -0.886. The standard InChI is InChI=1S/C24H35N5O4S/c1-4-17(2)21(28-23(31)20-12-25-16-26-20)14-29(13-18-8-6-5-7-9-18)15-22(30)27-19(24(32)33)10-11-34-3/h5-9,12,16-17,19,21H,4,10-11,13-15H2,1-3H3,(H,25,26)(H,27,30)(H,28,31)(H,32,33)/t17-,19-,21+/m0/s1. The van der Waals surface area contributed by atoms with E-state index >= 15 is 0 Å². The number of benzene rings is 1. The van der Waals surface area contributed by atoms with Crippen molar-refractivity contribution in [1.82, 2.24) is 25.5 Å². The van der Waals surface area contributed by atoms with Crippen molar-refractivity contribution < 1.29 is 19.5 Å². The molecule has 0 aliphatic rings. The van der Waals surface area contributed by atoms with E-state index in [2.05, 4.69) is 34.4 Å². The van der Waals surface area contributed by atoms with Crippen LogP contribution in [0, 0.1) is 5.92 Å². The van der Waals surface area contributed by atoms with Crippen LogP contribution in [-0.4, -0.2) is 74.9 Å². The molecule has 186 valence electrons. The van der Waals surface area contributed by atoms with Gasteiger partial charge >= 0.3 is 5.97 Å². The predicted octanol–water partition coefficient (Wildman–Crippen LogP) is 2.38. The smallest absolute Gasteiger partial charge is 0.326 e. The van der Waals surface area contributed by atoms with E-state index in [9.17, 15) is 19.5 Å². The van der Waals surface area contributed by atoms with Gasteiger partial charge in [0.05, 0.1) is 12.9 Å². The summed E-state index contributed by atoms with van der Waals surface area (Å²) in [6, 6.07) is 8.59. The lowest BCUT2D eigenvalue weighted by Gasteiger charge is -2.31. The number of thioether (sulfide) groups is 1. The zero-order valence-electron chi connectivity index (χ0n) is 20.0. The van der Waals surface area contributed by atoms with Crippen LogP contribution in [0.2, 0.25) is 0 Å². The van der Waals surface area contributed by atoms with Crippen molar-refractivity contribution in [3.8, 4) is 0 Å². The van der Waals surface area contributed by atoms with E-state index in [1.54, 1.807) is 6.20 Å². The molecule has 2 aromatic rings. The molecule has 1 aromatic heterocycles. The minimum atomic E-state index is -1.04. The molecule has 0 fully saturated rings. The summed E-state index contributed by atoms with van der Waals surface area (Å²) in [4.78, 5) is 45.8. The minimum absolute atomic E-state index is 0.0170. The van der Waals surface area contributed by atoms with Gasteiger partial charge in [-0.3, -0.25) is 14.5 Å². The van der Waals surface area contributed by atoms with Crippen LogP contribution in [0.4, 0.5) is 0 Å². The molecular formula is C24H35N5O4S. The van der Waals surface area contributed by atoms with Gasteiger partial charge in [0.1, 0.15) is 11.7 Å². The zero-order chi connectivity index (χ0) is 24.9. The summed E-state index contributed by atoms with van der Waals surface area (Å²) < 4.78 is 0. The summed E-state index contributed by atoms with van der Waals surface area (Å²) >= 11 is 1.54. The van der Waals surface area contributed by atoms with E-state index in [1.807, 2.05) is 41.5 Å². The van der Waals surface area contributed by atoms with E-state index < -0.39 is 12.0 Å². The molecule has 4 N–H and O–H groups in total. The lowest BCUT2D eigenvalue weighted by atomic mass is 9.98. The highest BCUT2D eigenvalue weighted by molar-refractivity contribution is 7.98. The van der Waals surface area contributed by atoms with Crippen LogP contribution in [0.15, 0.2) is 42.9 Å². The second-order valence-corrected chi connectivity index (χ2v) is 9.30. The van der Waals surface area contributed by atoms with Crippen molar-refractivity contribution >= 4 is 29.5 Å². The number of carboxylic acids is 1. The average Bonchev–Trinajstić information content (AvgIpc) is 3.36. The van der Waals surface area contributed by atoms with Gasteiger partial charge in [-0.15, -0.1) is 0 Å². The number of aromatic nitrogens is 2. The fraction of sp³-hybridized carbons (Fsp3) is 0.500. The van der Waals surface area contributed by atoms with E-state index in [4.69, 9.17) is 0 Å². The molecule has 0 spiro atoms. The molecule has 0 aliphatic heterocycles. The normalized spacial score (nSPS) is 13.8. The summed E-state index contributed by atoms with van der Waals surface area (Å²) in [6.45, 7) is 5.04. The maximum atomic E-state index is 12.8. The molecule has 9 nitrogen and oxygen atoms in total. The largest absolute Gasteiger partial charge is 0.480 e. The van der Waals surface area contributed by atoms with Crippen molar-refractivity contribution in [2.45, 2.75) is 45.3 Å². The van der Waals surface area contributed by atoms with Gasteiger partial charge in [-0.05, 0) is 29.9 Å². The summed E-state index contributed by atoms with van der Waals surface area (Å²) in [7, 11) is 0. The molecule has 0 saturated heterocycles. The molecular weight excluding hydrogens is 454 g/mol. The number of rotatable bonds is 15. The molecule has 0 radical (unpaired) electrons. The quantitative estimate of drug-likeness (QED) is 0.302. The van der Waals surface area contributed by atoms with Crippen LogP contribution < -0.4 is 10.6 Å². The van der Waals surface area contributed by atoms with Crippen LogP contribution in [-0.2, 0) is 16.1 Å². The fourth-order valence-corrected chi connectivity index (χ4v) is 3.99. The van der Waals surface area contributed by atoms with Gasteiger partial charge in [0.15, 0.2) is 0 Å². The Balaban J connectivity index is 2.15. The summed E-state index contributed by atoms with van der Waals surface area (Å²) in [5, 5.41) is 15.2. The predicted molar refractivity (Wildman–Crippen MR) is 134 cm³/mol. The number of imidazole rings is 1. The van der Waals surface area contributed by atoms with Gasteiger partial charge in [-0.1, -0.05) is 50.6 Å². The first kappa shape index (κ1) is 27.4. The highest BCUT2D eigenvalue weighted by atomic mass is 32.2. The molecule has 0 aliphatic carbocycles. The van der Waals surface area contributed by atoms with E-state index in [-0.39, 0.29) is 30.3 Å². The van der Waals surface area contributed by atoms with Crippen molar-refractivity contribution in [2.24, 2.45) is 5.92 Å². The summed E-state index contributed by atoms with van der Waals surface area (Å²) in [5.41, 5.74) is 1.33. The second kappa shape index (κ2) is 14.4. The number of H-pyrrole nitrogens is 1. The van der Waals surface area contributed by atoms with E-state index in [0.29, 0.717) is 31.0 Å². The molecule has 2 amide bonds. The van der Waals surface area contributed by atoms with Gasteiger partial charge < -0.3 is 20.7 Å². The number of nitrogens with one attached hydrogen (secondary N) is 3. The Kier molecular flexibility index (Phi) is 11.6. The molecule has 1 heterocycles. The first-order chi connectivity index (χ1) is 16.3.